The van der Waals surface area contributed by atoms with Crippen molar-refractivity contribution in [2.24, 2.45) is 5.18 Å². The maximum absolute atomic E-state index is 10.6. The third-order valence-electron chi connectivity index (χ3n) is 14.0. The molecule has 6 nitrogen and oxygen atoms in total. The van der Waals surface area contributed by atoms with E-state index in [0.29, 0.717) is 0 Å². The number of aromatic carboxylic acids is 2. The van der Waals surface area contributed by atoms with E-state index >= 15 is 0 Å². The number of carbonyl (C=O) groups is 2. The average molecular weight is 931 g/mol. The van der Waals surface area contributed by atoms with Gasteiger partial charge >= 0.3 is 268 Å². The van der Waals surface area contributed by atoms with Gasteiger partial charge in [0.15, 0.2) is 0 Å². The van der Waals surface area contributed by atoms with Crippen LogP contribution in [0.1, 0.15) is 213 Å². The molecule has 7 rings (SSSR count). The van der Waals surface area contributed by atoms with Crippen molar-refractivity contribution in [3.8, 4) is 0 Å². The van der Waals surface area contributed by atoms with Crippen molar-refractivity contribution in [1.29, 1.82) is 0 Å². The third-order valence-corrected chi connectivity index (χ3v) is 40.1. The number of nitroso groups, excluding NO2 is 1. The van der Waals surface area contributed by atoms with Crippen LogP contribution in [0.15, 0.2) is 23.4 Å². The molecule has 290 valence electrons. The van der Waals surface area contributed by atoms with Gasteiger partial charge in [0, 0.05) is 0 Å². The Morgan fingerprint density at radius 2 is 0.673 bits per heavy atom. The molecule has 0 heterocycles. The summed E-state index contributed by atoms with van der Waals surface area (Å²) in [4.78, 5) is 31.2. The van der Waals surface area contributed by atoms with Crippen molar-refractivity contribution >= 4 is 57.1 Å². The van der Waals surface area contributed by atoms with E-state index in [-0.39, 0.29) is 11.3 Å². The first-order valence-corrected chi connectivity index (χ1v) is 32.0. The molecule has 6 aliphatic carbocycles. The van der Waals surface area contributed by atoms with Gasteiger partial charge in [-0.15, -0.1) is 4.91 Å². The molecule has 6 aliphatic rings. The topological polar surface area (TPSA) is 104 Å². The summed E-state index contributed by atoms with van der Waals surface area (Å²) in [5.41, 5.74) is -0.938. The van der Waals surface area contributed by atoms with Crippen LogP contribution in [0.2, 0.25) is 23.6 Å². The zero-order valence-corrected chi connectivity index (χ0v) is 38.2. The molecule has 2 radical (unpaired) electrons. The maximum Gasteiger partial charge on any atom is 0.336 e. The van der Waals surface area contributed by atoms with Crippen LogP contribution in [-0.2, 0) is 0 Å². The normalized spacial score (nSPS) is 23.7. The quantitative estimate of drug-likeness (QED) is 0.190. The van der Waals surface area contributed by atoms with Gasteiger partial charge in [-0.25, -0.2) is 9.59 Å². The predicted molar refractivity (Wildman–Crippen MR) is 218 cm³/mol. The standard InChI is InChI=1S/C8H5NO5.6C6H11.2Sn/c10-7(11)5-2-1-4(9-14)3-6(5)8(12)13;6*1-2-4-6-5-3-1;;/h1-3H,(H,10,11)(H,12,13);6*1H,2-6H2;;. The van der Waals surface area contributed by atoms with Crippen molar-refractivity contribution in [3.05, 3.63) is 34.2 Å². The summed E-state index contributed by atoms with van der Waals surface area (Å²) in [7, 11) is 0. The maximum atomic E-state index is 10.6. The van der Waals surface area contributed by atoms with E-state index in [1.807, 2.05) is 0 Å². The smallest absolute Gasteiger partial charge is 0.336 e. The van der Waals surface area contributed by atoms with Gasteiger partial charge in [0.05, 0.1) is 11.1 Å². The van der Waals surface area contributed by atoms with Crippen LogP contribution in [0.4, 0.5) is 5.69 Å². The minimum Gasteiger partial charge on any atom is -0.478 e. The van der Waals surface area contributed by atoms with E-state index in [2.05, 4.69) is 5.18 Å². The molecular formula is C44H71NO5Sn2. The van der Waals surface area contributed by atoms with Crippen molar-refractivity contribution in [3.63, 3.8) is 0 Å². The molecule has 0 unspecified atom stereocenters. The van der Waals surface area contributed by atoms with Gasteiger partial charge in [-0.05, 0) is 23.4 Å². The van der Waals surface area contributed by atoms with Crippen LogP contribution in [-0.4, -0.2) is 61.7 Å². The molecule has 0 atom stereocenters. The van der Waals surface area contributed by atoms with Gasteiger partial charge in [-0.1, -0.05) is 0 Å². The van der Waals surface area contributed by atoms with Gasteiger partial charge in [0.2, 0.25) is 0 Å². The SMILES string of the molecule is C1CC[CH]([Sn]([CH]2CCCCC2)[CH]2CCCCC2)CC1.C1CC[CH]([Sn]([CH]2CCCCC2)[CH]2CCCCC2)CC1.O=Nc1ccc(C(=O)O)c(C(=O)O)c1. The summed E-state index contributed by atoms with van der Waals surface area (Å²) in [6.45, 7) is 0. The van der Waals surface area contributed by atoms with E-state index < -0.39 is 57.0 Å². The Bertz CT molecular complexity index is 1070. The largest absolute Gasteiger partial charge is 0.478 e. The molecule has 1 aromatic rings. The van der Waals surface area contributed by atoms with Crippen molar-refractivity contribution < 1.29 is 19.8 Å². The number of hydrogen-bond donors (Lipinski definition) is 2. The fourth-order valence-corrected chi connectivity index (χ4v) is 41.4. The zero-order valence-electron chi connectivity index (χ0n) is 32.5. The number of carboxylic acid groups (broad SMARTS) is 2. The van der Waals surface area contributed by atoms with E-state index in [1.54, 1.807) is 193 Å². The molecule has 52 heavy (non-hydrogen) atoms. The van der Waals surface area contributed by atoms with E-state index in [0.717, 1.165) is 18.2 Å². The predicted octanol–water partition coefficient (Wildman–Crippen LogP) is 14.4. The summed E-state index contributed by atoms with van der Waals surface area (Å²) in [6.07, 6.45) is 48.5. The van der Waals surface area contributed by atoms with Crippen molar-refractivity contribution in [1.82, 2.24) is 0 Å². The van der Waals surface area contributed by atoms with E-state index in [1.165, 1.54) is 23.6 Å². The van der Waals surface area contributed by atoms with E-state index in [9.17, 15) is 14.5 Å². The number of rotatable bonds is 9. The van der Waals surface area contributed by atoms with Gasteiger partial charge in [0.1, 0.15) is 5.69 Å². The van der Waals surface area contributed by atoms with Gasteiger partial charge in [-0.2, -0.15) is 0 Å². The number of nitrogens with zero attached hydrogens (tertiary/aromatic N) is 1. The summed E-state index contributed by atoms with van der Waals surface area (Å²) in [5.74, 6) is -2.77. The van der Waals surface area contributed by atoms with Gasteiger partial charge < -0.3 is 10.2 Å². The van der Waals surface area contributed by atoms with Crippen LogP contribution >= 0.6 is 0 Å². The van der Waals surface area contributed by atoms with Gasteiger partial charge in [0.25, 0.3) is 0 Å². The first kappa shape index (κ1) is 42.5. The molecule has 0 amide bonds. The molecule has 0 bridgehead atoms. The second-order valence-corrected chi connectivity index (χ2v) is 37.1. The fourth-order valence-electron chi connectivity index (χ4n) is 11.6. The Morgan fingerprint density at radius 1 is 0.423 bits per heavy atom. The van der Waals surface area contributed by atoms with Crippen LogP contribution in [0.5, 0.6) is 0 Å². The Hall–Kier alpha value is -0.643. The Kier molecular flexibility index (Phi) is 19.2. The average Bonchev–Trinajstić information content (AvgIpc) is 3.21. The molecule has 6 saturated carbocycles. The number of benzene rings is 1. The Labute approximate surface area is 330 Å². The van der Waals surface area contributed by atoms with Crippen molar-refractivity contribution in [2.75, 3.05) is 0 Å². The third kappa shape index (κ3) is 13.0. The minimum absolute atomic E-state index is 0.118. The second-order valence-electron chi connectivity index (χ2n) is 17.4. The molecule has 0 spiro atoms. The molecule has 1 aromatic carbocycles. The fraction of sp³-hybridized carbons (Fsp3) is 0.818. The van der Waals surface area contributed by atoms with Crippen LogP contribution in [0.3, 0.4) is 0 Å². The Balaban J connectivity index is 0.000000153. The zero-order chi connectivity index (χ0) is 36.5. The number of carboxylic acids is 2. The Morgan fingerprint density at radius 3 is 0.885 bits per heavy atom. The van der Waals surface area contributed by atoms with Crippen LogP contribution in [0, 0.1) is 4.91 Å². The summed E-state index contributed by atoms with van der Waals surface area (Å²) in [5, 5.41) is 19.7. The summed E-state index contributed by atoms with van der Waals surface area (Å²) < 4.78 is 7.93. The molecule has 0 aromatic heterocycles. The molecule has 0 saturated heterocycles. The van der Waals surface area contributed by atoms with Gasteiger partial charge in [-0.3, -0.25) is 0 Å². The van der Waals surface area contributed by atoms with E-state index in [4.69, 9.17) is 10.2 Å². The molecule has 6 fully saturated rings. The number of hydrogen-bond acceptors (Lipinski definition) is 4. The first-order valence-electron chi connectivity index (χ1n) is 22.1. The molecule has 0 aliphatic heterocycles. The monoisotopic (exact) mass is 933 g/mol. The molecule has 2 N–H and O–H groups in total. The minimum atomic E-state index is -1.41. The van der Waals surface area contributed by atoms with Crippen LogP contribution in [0.25, 0.3) is 0 Å². The summed E-state index contributed by atoms with van der Waals surface area (Å²) in [6, 6.07) is 3.09. The summed E-state index contributed by atoms with van der Waals surface area (Å²) >= 11 is -2.30. The first-order chi connectivity index (χ1) is 25.5. The molecular weight excluding hydrogens is 860 g/mol. The second kappa shape index (κ2) is 23.4. The van der Waals surface area contributed by atoms with Crippen LogP contribution < -0.4 is 0 Å². The van der Waals surface area contributed by atoms with Crippen molar-refractivity contribution in [2.45, 2.75) is 216 Å². The molecule has 8 heteroatoms.